The topological polar surface area (TPSA) is 42.9 Å². The fourth-order valence-electron chi connectivity index (χ4n) is 2.20. The number of nitrogens with zero attached hydrogens (tertiary/aromatic N) is 2. The van der Waals surface area contributed by atoms with Gasteiger partial charge in [0.25, 0.3) is 0 Å². The molecule has 19 heavy (non-hydrogen) atoms. The van der Waals surface area contributed by atoms with Crippen molar-refractivity contribution in [3.63, 3.8) is 0 Å². The second-order valence-electron chi connectivity index (χ2n) is 4.41. The minimum absolute atomic E-state index is 0.607. The Bertz CT molecular complexity index is 732. The zero-order chi connectivity index (χ0) is 13.1. The highest BCUT2D eigenvalue weighted by atomic mass is 16.1. The summed E-state index contributed by atoms with van der Waals surface area (Å²) in [7, 11) is 0. The van der Waals surface area contributed by atoms with Crippen LogP contribution >= 0.6 is 0 Å². The molecule has 0 aliphatic heterocycles. The van der Waals surface area contributed by atoms with Crippen molar-refractivity contribution in [1.29, 1.82) is 0 Å². The Balaban J connectivity index is 2.03. The maximum absolute atomic E-state index is 10.8. The first-order chi connectivity index (χ1) is 9.36. The summed E-state index contributed by atoms with van der Waals surface area (Å²) >= 11 is 0. The van der Waals surface area contributed by atoms with Crippen molar-refractivity contribution in [2.75, 3.05) is 0 Å². The number of carbonyl (C=O) groups is 1. The van der Waals surface area contributed by atoms with Crippen molar-refractivity contribution in [2.24, 2.45) is 0 Å². The molecule has 0 aliphatic carbocycles. The van der Waals surface area contributed by atoms with Gasteiger partial charge in [-0.1, -0.05) is 18.2 Å². The summed E-state index contributed by atoms with van der Waals surface area (Å²) in [6, 6.07) is 11.9. The average Bonchev–Trinajstić information content (AvgIpc) is 2.48. The molecule has 0 saturated heterocycles. The predicted octanol–water partition coefficient (Wildman–Crippen LogP) is 3.03. The van der Waals surface area contributed by atoms with E-state index in [0.29, 0.717) is 5.56 Å². The van der Waals surface area contributed by atoms with E-state index in [0.717, 1.165) is 29.2 Å². The zero-order valence-corrected chi connectivity index (χ0v) is 10.3. The van der Waals surface area contributed by atoms with Crippen molar-refractivity contribution in [3.05, 3.63) is 71.7 Å². The van der Waals surface area contributed by atoms with E-state index in [-0.39, 0.29) is 0 Å². The Kier molecular flexibility index (Phi) is 3.02. The molecule has 0 bridgehead atoms. The number of hydrogen-bond acceptors (Lipinski definition) is 3. The summed E-state index contributed by atoms with van der Waals surface area (Å²) in [6.45, 7) is 0. The summed E-state index contributed by atoms with van der Waals surface area (Å²) in [5, 5.41) is 1.14. The van der Waals surface area contributed by atoms with E-state index in [1.807, 2.05) is 36.5 Å². The fourth-order valence-corrected chi connectivity index (χ4v) is 2.20. The lowest BCUT2D eigenvalue weighted by molar-refractivity contribution is 0.112. The standard InChI is InChI=1S/C16H12N2O/c19-11-13-7-12(9-17-10-13)8-14-5-6-18-16-4-2-1-3-15(14)16/h1-7,9-11H,8H2. The molecule has 0 radical (unpaired) electrons. The van der Waals surface area contributed by atoms with Crippen molar-refractivity contribution in [1.82, 2.24) is 9.97 Å². The number of pyridine rings is 2. The molecule has 0 saturated carbocycles. The molecular weight excluding hydrogens is 236 g/mol. The van der Waals surface area contributed by atoms with E-state index in [4.69, 9.17) is 0 Å². The molecule has 0 fully saturated rings. The van der Waals surface area contributed by atoms with Crippen molar-refractivity contribution in [2.45, 2.75) is 6.42 Å². The summed E-state index contributed by atoms with van der Waals surface area (Å²) in [6.07, 6.45) is 6.75. The first-order valence-electron chi connectivity index (χ1n) is 6.08. The van der Waals surface area contributed by atoms with Crippen molar-refractivity contribution in [3.8, 4) is 0 Å². The molecule has 0 spiro atoms. The van der Waals surface area contributed by atoms with Gasteiger partial charge in [-0.25, -0.2) is 0 Å². The van der Waals surface area contributed by atoms with Crippen LogP contribution in [0.15, 0.2) is 55.0 Å². The van der Waals surface area contributed by atoms with Gasteiger partial charge >= 0.3 is 0 Å². The van der Waals surface area contributed by atoms with Gasteiger partial charge in [-0.3, -0.25) is 14.8 Å². The summed E-state index contributed by atoms with van der Waals surface area (Å²) in [5.74, 6) is 0. The normalized spacial score (nSPS) is 10.5. The largest absolute Gasteiger partial charge is 0.298 e. The van der Waals surface area contributed by atoms with Crippen LogP contribution in [0.3, 0.4) is 0 Å². The third-order valence-corrected chi connectivity index (χ3v) is 3.09. The van der Waals surface area contributed by atoms with E-state index in [1.54, 1.807) is 12.4 Å². The number of carbonyl (C=O) groups excluding carboxylic acids is 1. The Morgan fingerprint density at radius 1 is 1.11 bits per heavy atom. The lowest BCUT2D eigenvalue weighted by Gasteiger charge is -2.06. The van der Waals surface area contributed by atoms with E-state index in [9.17, 15) is 4.79 Å². The Morgan fingerprint density at radius 3 is 2.89 bits per heavy atom. The first-order valence-corrected chi connectivity index (χ1v) is 6.08. The molecule has 0 N–H and O–H groups in total. The zero-order valence-electron chi connectivity index (χ0n) is 10.3. The molecular formula is C16H12N2O. The first kappa shape index (κ1) is 11.5. The van der Waals surface area contributed by atoms with Crippen LogP contribution in [0, 0.1) is 0 Å². The van der Waals surface area contributed by atoms with Gasteiger partial charge in [0.05, 0.1) is 5.52 Å². The molecule has 3 rings (SSSR count). The van der Waals surface area contributed by atoms with Gasteiger partial charge in [0.2, 0.25) is 0 Å². The predicted molar refractivity (Wildman–Crippen MR) is 74.2 cm³/mol. The molecule has 3 nitrogen and oxygen atoms in total. The van der Waals surface area contributed by atoms with Crippen LogP contribution in [-0.2, 0) is 6.42 Å². The second kappa shape index (κ2) is 4.98. The lowest BCUT2D eigenvalue weighted by Crippen LogP contribution is -1.94. The maximum Gasteiger partial charge on any atom is 0.151 e. The number of rotatable bonds is 3. The Morgan fingerprint density at radius 2 is 2.00 bits per heavy atom. The monoisotopic (exact) mass is 248 g/mol. The molecule has 3 aromatic rings. The Hall–Kier alpha value is -2.55. The van der Waals surface area contributed by atoms with E-state index in [1.165, 1.54) is 5.56 Å². The highest BCUT2D eigenvalue weighted by molar-refractivity contribution is 5.82. The minimum atomic E-state index is 0.607. The number of benzene rings is 1. The van der Waals surface area contributed by atoms with Crippen LogP contribution in [0.5, 0.6) is 0 Å². The molecule has 1 aromatic carbocycles. The lowest BCUT2D eigenvalue weighted by atomic mass is 10.0. The Labute approximate surface area is 111 Å². The molecule has 2 heterocycles. The summed E-state index contributed by atoms with van der Waals surface area (Å²) < 4.78 is 0. The molecule has 0 atom stereocenters. The maximum atomic E-state index is 10.8. The molecule has 2 aromatic heterocycles. The fraction of sp³-hybridized carbons (Fsp3) is 0.0625. The minimum Gasteiger partial charge on any atom is -0.298 e. The van der Waals surface area contributed by atoms with Gasteiger partial charge in [-0.05, 0) is 35.7 Å². The quantitative estimate of drug-likeness (QED) is 0.669. The molecule has 0 unspecified atom stereocenters. The van der Waals surface area contributed by atoms with Gasteiger partial charge in [0, 0.05) is 29.5 Å². The van der Waals surface area contributed by atoms with Crippen molar-refractivity contribution >= 4 is 17.2 Å². The third kappa shape index (κ3) is 2.36. The smallest absolute Gasteiger partial charge is 0.151 e. The number of aromatic nitrogens is 2. The van der Waals surface area contributed by atoms with Crippen LogP contribution in [0.1, 0.15) is 21.5 Å². The van der Waals surface area contributed by atoms with Gasteiger partial charge in [0.15, 0.2) is 6.29 Å². The SMILES string of the molecule is O=Cc1cncc(Cc2ccnc3ccccc23)c1. The molecule has 3 heteroatoms. The summed E-state index contributed by atoms with van der Waals surface area (Å²) in [5.41, 5.74) is 3.81. The van der Waals surface area contributed by atoms with E-state index in [2.05, 4.69) is 16.0 Å². The van der Waals surface area contributed by atoms with Gasteiger partial charge in [0.1, 0.15) is 0 Å². The van der Waals surface area contributed by atoms with Crippen LogP contribution < -0.4 is 0 Å². The van der Waals surface area contributed by atoms with Gasteiger partial charge < -0.3 is 0 Å². The average molecular weight is 248 g/mol. The van der Waals surface area contributed by atoms with Crippen molar-refractivity contribution < 1.29 is 4.79 Å². The van der Waals surface area contributed by atoms with Gasteiger partial charge in [-0.15, -0.1) is 0 Å². The number of aldehydes is 1. The number of hydrogen-bond donors (Lipinski definition) is 0. The van der Waals surface area contributed by atoms with Crippen LogP contribution in [0.4, 0.5) is 0 Å². The summed E-state index contributed by atoms with van der Waals surface area (Å²) in [4.78, 5) is 19.2. The van der Waals surface area contributed by atoms with Gasteiger partial charge in [-0.2, -0.15) is 0 Å². The highest BCUT2D eigenvalue weighted by Gasteiger charge is 2.03. The van der Waals surface area contributed by atoms with E-state index >= 15 is 0 Å². The molecule has 0 amide bonds. The highest BCUT2D eigenvalue weighted by Crippen LogP contribution is 2.19. The van der Waals surface area contributed by atoms with Crippen LogP contribution in [-0.4, -0.2) is 16.3 Å². The third-order valence-electron chi connectivity index (χ3n) is 3.09. The van der Waals surface area contributed by atoms with E-state index < -0.39 is 0 Å². The number of fused-ring (bicyclic) bond motifs is 1. The molecule has 92 valence electrons. The number of para-hydroxylation sites is 1. The van der Waals surface area contributed by atoms with Crippen LogP contribution in [0.2, 0.25) is 0 Å². The molecule has 0 aliphatic rings. The second-order valence-corrected chi connectivity index (χ2v) is 4.41. The van der Waals surface area contributed by atoms with Crippen LogP contribution in [0.25, 0.3) is 10.9 Å².